The van der Waals surface area contributed by atoms with E-state index in [-0.39, 0.29) is 24.5 Å². The third-order valence-corrected chi connectivity index (χ3v) is 5.03. The van der Waals surface area contributed by atoms with E-state index in [1.165, 1.54) is 0 Å². The van der Waals surface area contributed by atoms with Crippen LogP contribution in [0.4, 0.5) is 4.79 Å². The van der Waals surface area contributed by atoms with Gasteiger partial charge in [0.1, 0.15) is 0 Å². The summed E-state index contributed by atoms with van der Waals surface area (Å²) in [5, 5.41) is 21.7. The van der Waals surface area contributed by atoms with E-state index in [1.807, 2.05) is 0 Å². The predicted molar refractivity (Wildman–Crippen MR) is 76.9 cm³/mol. The molecular weight excluding hydrogens is 280 g/mol. The summed E-state index contributed by atoms with van der Waals surface area (Å²) >= 11 is 1.68. The quantitative estimate of drug-likeness (QED) is 0.720. The van der Waals surface area contributed by atoms with E-state index in [4.69, 9.17) is 5.11 Å². The molecule has 1 saturated carbocycles. The number of carboxylic acid groups (broad SMARTS) is 1. The third kappa shape index (κ3) is 4.02. The van der Waals surface area contributed by atoms with Gasteiger partial charge >= 0.3 is 12.0 Å². The fourth-order valence-corrected chi connectivity index (χ4v) is 3.88. The Morgan fingerprint density at radius 1 is 1.30 bits per heavy atom. The third-order valence-electron chi connectivity index (χ3n) is 3.94. The van der Waals surface area contributed by atoms with E-state index in [9.17, 15) is 14.7 Å². The normalized spacial score (nSPS) is 30.9. The topological polar surface area (TPSA) is 89.9 Å². The fourth-order valence-electron chi connectivity index (χ4n) is 2.81. The van der Waals surface area contributed by atoms with Crippen LogP contribution in [-0.4, -0.2) is 63.4 Å². The van der Waals surface area contributed by atoms with Crippen LogP contribution in [0.5, 0.6) is 0 Å². The smallest absolute Gasteiger partial charge is 0.318 e. The van der Waals surface area contributed by atoms with Crippen molar-refractivity contribution in [2.24, 2.45) is 0 Å². The number of carbonyl (C=O) groups is 2. The van der Waals surface area contributed by atoms with Crippen LogP contribution in [0.3, 0.4) is 0 Å². The fraction of sp³-hybridized carbons (Fsp3) is 0.846. The van der Waals surface area contributed by atoms with E-state index in [0.717, 1.165) is 31.4 Å². The van der Waals surface area contributed by atoms with Gasteiger partial charge in [0, 0.05) is 18.1 Å². The number of thioether (sulfide) groups is 1. The maximum absolute atomic E-state index is 12.3. The minimum atomic E-state index is -0.881. The second-order valence-electron chi connectivity index (χ2n) is 5.43. The lowest BCUT2D eigenvalue weighted by atomic mass is 9.93. The number of aliphatic hydroxyl groups is 1. The Bertz CT molecular complexity index is 366. The van der Waals surface area contributed by atoms with Crippen LogP contribution in [-0.2, 0) is 4.79 Å². The number of amides is 2. The number of nitrogens with one attached hydrogen (secondary N) is 1. The lowest BCUT2D eigenvalue weighted by Gasteiger charge is -2.37. The molecule has 1 heterocycles. The summed E-state index contributed by atoms with van der Waals surface area (Å²) in [6, 6.07) is -0.689. The maximum Gasteiger partial charge on any atom is 0.318 e. The predicted octanol–water partition coefficient (Wildman–Crippen LogP) is 0.892. The summed E-state index contributed by atoms with van der Waals surface area (Å²) < 4.78 is 0. The summed E-state index contributed by atoms with van der Waals surface area (Å²) in [5.74, 6) is 0.608. The maximum atomic E-state index is 12.3. The van der Waals surface area contributed by atoms with Gasteiger partial charge < -0.3 is 20.4 Å². The van der Waals surface area contributed by atoms with Crippen molar-refractivity contribution in [3.05, 3.63) is 0 Å². The molecule has 1 saturated heterocycles. The van der Waals surface area contributed by atoms with Gasteiger partial charge in [0.25, 0.3) is 0 Å². The molecule has 2 fully saturated rings. The largest absolute Gasteiger partial charge is 0.481 e. The van der Waals surface area contributed by atoms with Gasteiger partial charge in [-0.25, -0.2) is 4.79 Å². The molecule has 20 heavy (non-hydrogen) atoms. The molecule has 6 nitrogen and oxygen atoms in total. The number of urea groups is 1. The van der Waals surface area contributed by atoms with Gasteiger partial charge in [0.15, 0.2) is 0 Å². The van der Waals surface area contributed by atoms with Gasteiger partial charge in [0.05, 0.1) is 24.6 Å². The monoisotopic (exact) mass is 302 g/mol. The van der Waals surface area contributed by atoms with Gasteiger partial charge in [0.2, 0.25) is 0 Å². The zero-order valence-corrected chi connectivity index (χ0v) is 12.3. The van der Waals surface area contributed by atoms with E-state index >= 15 is 0 Å². The summed E-state index contributed by atoms with van der Waals surface area (Å²) in [5.41, 5.74) is 0. The standard InChI is InChI=1S/C13H22N2O4S/c16-11-4-2-1-3-10(11)14-13(19)15-5-6-20-8-9(15)7-12(17)18/h9-11,16H,1-8H2,(H,14,19)(H,17,18). The van der Waals surface area contributed by atoms with Crippen LogP contribution in [0.25, 0.3) is 0 Å². The van der Waals surface area contributed by atoms with Crippen molar-refractivity contribution in [2.45, 2.75) is 50.3 Å². The number of aliphatic carboxylic acids is 1. The molecule has 3 unspecified atom stereocenters. The highest BCUT2D eigenvalue weighted by Gasteiger charge is 2.32. The highest BCUT2D eigenvalue weighted by Crippen LogP contribution is 2.21. The molecule has 1 aliphatic heterocycles. The van der Waals surface area contributed by atoms with Crippen LogP contribution in [0.2, 0.25) is 0 Å². The molecular formula is C13H22N2O4S. The number of aliphatic hydroxyl groups excluding tert-OH is 1. The Kier molecular flexibility index (Phi) is 5.54. The Hall–Kier alpha value is -0.950. The number of hydrogen-bond donors (Lipinski definition) is 3. The minimum Gasteiger partial charge on any atom is -0.481 e. The Morgan fingerprint density at radius 2 is 2.05 bits per heavy atom. The zero-order chi connectivity index (χ0) is 14.5. The highest BCUT2D eigenvalue weighted by molar-refractivity contribution is 7.99. The van der Waals surface area contributed by atoms with Crippen molar-refractivity contribution in [3.63, 3.8) is 0 Å². The van der Waals surface area contributed by atoms with Gasteiger partial charge in [-0.15, -0.1) is 0 Å². The molecule has 1 aliphatic carbocycles. The first-order valence-electron chi connectivity index (χ1n) is 7.12. The highest BCUT2D eigenvalue weighted by atomic mass is 32.2. The van der Waals surface area contributed by atoms with Crippen LogP contribution < -0.4 is 5.32 Å². The molecule has 3 atom stereocenters. The number of carbonyl (C=O) groups excluding carboxylic acids is 1. The van der Waals surface area contributed by atoms with Crippen LogP contribution in [0, 0.1) is 0 Å². The van der Waals surface area contributed by atoms with Crippen molar-refractivity contribution in [3.8, 4) is 0 Å². The van der Waals surface area contributed by atoms with Gasteiger partial charge in [-0.1, -0.05) is 12.8 Å². The van der Waals surface area contributed by atoms with Crippen molar-refractivity contribution in [1.29, 1.82) is 0 Å². The molecule has 7 heteroatoms. The van der Waals surface area contributed by atoms with Gasteiger partial charge in [-0.2, -0.15) is 11.8 Å². The summed E-state index contributed by atoms with van der Waals surface area (Å²) in [4.78, 5) is 24.8. The van der Waals surface area contributed by atoms with E-state index in [1.54, 1.807) is 16.7 Å². The van der Waals surface area contributed by atoms with Crippen molar-refractivity contribution >= 4 is 23.8 Å². The first kappa shape index (κ1) is 15.4. The van der Waals surface area contributed by atoms with E-state index < -0.39 is 12.1 Å². The molecule has 2 aliphatic rings. The lowest BCUT2D eigenvalue weighted by Crippen LogP contribution is -2.55. The average molecular weight is 302 g/mol. The molecule has 2 rings (SSSR count). The number of nitrogens with zero attached hydrogens (tertiary/aromatic N) is 1. The molecule has 0 bridgehead atoms. The second-order valence-corrected chi connectivity index (χ2v) is 6.58. The first-order chi connectivity index (χ1) is 9.58. The van der Waals surface area contributed by atoms with Crippen LogP contribution in [0.15, 0.2) is 0 Å². The lowest BCUT2D eigenvalue weighted by molar-refractivity contribution is -0.138. The first-order valence-corrected chi connectivity index (χ1v) is 8.28. The number of hydrogen-bond acceptors (Lipinski definition) is 4. The van der Waals surface area contributed by atoms with Crippen molar-refractivity contribution in [2.75, 3.05) is 18.1 Å². The van der Waals surface area contributed by atoms with Gasteiger partial charge in [-0.05, 0) is 12.8 Å². The minimum absolute atomic E-state index is 0.0202. The summed E-state index contributed by atoms with van der Waals surface area (Å²) in [7, 11) is 0. The number of carboxylic acids is 1. The second kappa shape index (κ2) is 7.17. The summed E-state index contributed by atoms with van der Waals surface area (Å²) in [6.07, 6.45) is 3.02. The Morgan fingerprint density at radius 3 is 2.75 bits per heavy atom. The molecule has 0 aromatic heterocycles. The van der Waals surface area contributed by atoms with E-state index in [2.05, 4.69) is 5.32 Å². The molecule has 0 radical (unpaired) electrons. The average Bonchev–Trinajstić information content (AvgIpc) is 2.41. The molecule has 0 aromatic carbocycles. The number of rotatable bonds is 3. The van der Waals surface area contributed by atoms with Crippen LogP contribution >= 0.6 is 11.8 Å². The van der Waals surface area contributed by atoms with Crippen LogP contribution in [0.1, 0.15) is 32.1 Å². The van der Waals surface area contributed by atoms with E-state index in [0.29, 0.717) is 12.3 Å². The van der Waals surface area contributed by atoms with Crippen molar-refractivity contribution < 1.29 is 19.8 Å². The SMILES string of the molecule is O=C(O)CC1CSCCN1C(=O)NC1CCCCC1O. The molecule has 0 spiro atoms. The molecule has 114 valence electrons. The van der Waals surface area contributed by atoms with Crippen molar-refractivity contribution in [1.82, 2.24) is 10.2 Å². The Labute approximate surface area is 122 Å². The molecule has 0 aromatic rings. The Balaban J connectivity index is 1.93. The molecule has 3 N–H and O–H groups in total. The zero-order valence-electron chi connectivity index (χ0n) is 11.5. The molecule has 2 amide bonds. The van der Waals surface area contributed by atoms with Gasteiger partial charge in [-0.3, -0.25) is 4.79 Å². The summed E-state index contributed by atoms with van der Waals surface area (Å²) in [6.45, 7) is 0.567.